The Balaban J connectivity index is 1.84. The highest BCUT2D eigenvalue weighted by atomic mass is 15.3. The lowest BCUT2D eigenvalue weighted by Gasteiger charge is -2.08. The fourth-order valence-corrected chi connectivity index (χ4v) is 2.34. The molecule has 0 amide bonds. The minimum Gasteiger partial charge on any atom is -0.322 e. The van der Waals surface area contributed by atoms with Crippen LogP contribution in [0.3, 0.4) is 0 Å². The van der Waals surface area contributed by atoms with Gasteiger partial charge < -0.3 is 5.32 Å². The number of aromatic nitrogens is 5. The van der Waals surface area contributed by atoms with E-state index >= 15 is 0 Å². The van der Waals surface area contributed by atoms with Crippen molar-refractivity contribution in [2.75, 3.05) is 5.32 Å². The number of nitrogens with one attached hydrogen (secondary N) is 2. The summed E-state index contributed by atoms with van der Waals surface area (Å²) in [6.45, 7) is 1.96. The Morgan fingerprint density at radius 3 is 2.73 bits per heavy atom. The van der Waals surface area contributed by atoms with Crippen LogP contribution in [0.4, 0.5) is 11.6 Å². The molecule has 1 aromatic carbocycles. The third-order valence-electron chi connectivity index (χ3n) is 3.38. The molecule has 0 aliphatic rings. The number of H-pyrrole nitrogens is 1. The van der Waals surface area contributed by atoms with E-state index in [-0.39, 0.29) is 0 Å². The van der Waals surface area contributed by atoms with E-state index in [9.17, 15) is 0 Å². The van der Waals surface area contributed by atoms with Crippen LogP contribution in [0.15, 0.2) is 54.7 Å². The van der Waals surface area contributed by atoms with E-state index in [0.29, 0.717) is 5.82 Å². The van der Waals surface area contributed by atoms with Crippen molar-refractivity contribution in [3.8, 4) is 11.4 Å². The highest BCUT2D eigenvalue weighted by Crippen LogP contribution is 2.23. The van der Waals surface area contributed by atoms with Crippen molar-refractivity contribution in [1.29, 1.82) is 0 Å². The molecule has 4 aromatic rings. The molecule has 0 aliphatic carbocycles. The normalized spacial score (nSPS) is 11.0. The smallest absolute Gasteiger partial charge is 0.182 e. The van der Waals surface area contributed by atoms with Gasteiger partial charge in [0.2, 0.25) is 0 Å². The van der Waals surface area contributed by atoms with Gasteiger partial charge in [-0.25, -0.2) is 9.50 Å². The molecule has 0 saturated heterocycles. The molecular formula is C16H14N6. The van der Waals surface area contributed by atoms with Crippen LogP contribution in [-0.2, 0) is 0 Å². The Kier molecular flexibility index (Phi) is 2.86. The number of hydrogen-bond acceptors (Lipinski definition) is 4. The van der Waals surface area contributed by atoms with Gasteiger partial charge in [0.05, 0.1) is 0 Å². The van der Waals surface area contributed by atoms with E-state index in [0.717, 1.165) is 28.4 Å². The highest BCUT2D eigenvalue weighted by Gasteiger charge is 2.10. The van der Waals surface area contributed by atoms with E-state index in [4.69, 9.17) is 0 Å². The molecule has 0 spiro atoms. The van der Waals surface area contributed by atoms with Crippen molar-refractivity contribution >= 4 is 17.2 Å². The molecule has 6 nitrogen and oxygen atoms in total. The molecule has 2 N–H and O–H groups in total. The van der Waals surface area contributed by atoms with Crippen LogP contribution in [0.2, 0.25) is 0 Å². The zero-order valence-corrected chi connectivity index (χ0v) is 12.0. The van der Waals surface area contributed by atoms with Crippen LogP contribution < -0.4 is 5.32 Å². The highest BCUT2D eigenvalue weighted by molar-refractivity contribution is 5.74. The minimum absolute atomic E-state index is 0.666. The maximum absolute atomic E-state index is 4.65. The van der Waals surface area contributed by atoms with Gasteiger partial charge in [-0.05, 0) is 19.1 Å². The number of rotatable bonds is 3. The van der Waals surface area contributed by atoms with E-state index in [1.54, 1.807) is 0 Å². The summed E-state index contributed by atoms with van der Waals surface area (Å²) in [6, 6.07) is 15.8. The number of nitrogens with zero attached hydrogens (tertiary/aromatic N) is 4. The van der Waals surface area contributed by atoms with Crippen LogP contribution >= 0.6 is 0 Å². The second-order valence-corrected chi connectivity index (χ2v) is 5.05. The number of aromatic amines is 1. The largest absolute Gasteiger partial charge is 0.322 e. The predicted molar refractivity (Wildman–Crippen MR) is 85.0 cm³/mol. The molecule has 22 heavy (non-hydrogen) atoms. The maximum Gasteiger partial charge on any atom is 0.182 e. The van der Waals surface area contributed by atoms with Gasteiger partial charge in [0.25, 0.3) is 0 Å². The predicted octanol–water partition coefficient (Wildman–Crippen LogP) is 3.17. The summed E-state index contributed by atoms with van der Waals surface area (Å²) in [6.07, 6.45) is 1.91. The molecule has 0 radical (unpaired) electrons. The lowest BCUT2D eigenvalue weighted by atomic mass is 10.2. The van der Waals surface area contributed by atoms with Crippen molar-refractivity contribution in [3.05, 3.63) is 60.4 Å². The van der Waals surface area contributed by atoms with Crippen molar-refractivity contribution in [1.82, 2.24) is 24.8 Å². The lowest BCUT2D eigenvalue weighted by Crippen LogP contribution is -2.03. The second-order valence-electron chi connectivity index (χ2n) is 5.05. The molecule has 6 heteroatoms. The molecule has 0 bridgehead atoms. The van der Waals surface area contributed by atoms with E-state index < -0.39 is 0 Å². The van der Waals surface area contributed by atoms with E-state index in [2.05, 4.69) is 25.6 Å². The van der Waals surface area contributed by atoms with Gasteiger partial charge in [0.15, 0.2) is 17.5 Å². The van der Waals surface area contributed by atoms with Gasteiger partial charge in [-0.2, -0.15) is 5.10 Å². The van der Waals surface area contributed by atoms with Crippen LogP contribution in [-0.4, -0.2) is 24.8 Å². The second kappa shape index (κ2) is 5.00. The van der Waals surface area contributed by atoms with Crippen molar-refractivity contribution in [2.45, 2.75) is 6.92 Å². The number of anilines is 2. The van der Waals surface area contributed by atoms with Gasteiger partial charge in [0, 0.05) is 23.5 Å². The van der Waals surface area contributed by atoms with Gasteiger partial charge in [-0.3, -0.25) is 5.10 Å². The first-order valence-electron chi connectivity index (χ1n) is 6.99. The summed E-state index contributed by atoms with van der Waals surface area (Å²) in [4.78, 5) is 4.65. The van der Waals surface area contributed by atoms with Crippen LogP contribution in [0.1, 0.15) is 5.69 Å². The standard InChI is InChI=1S/C16H14N6/c1-11-10-14(20-19-11)17-16-13-8-5-9-22(13)21-15(18-16)12-6-3-2-4-7-12/h2-10H,1H3,(H2,17,18,19,20,21). The Bertz CT molecular complexity index is 922. The lowest BCUT2D eigenvalue weighted by molar-refractivity contribution is 0.915. The molecule has 108 valence electrons. The van der Waals surface area contributed by atoms with Crippen LogP contribution in [0.25, 0.3) is 16.9 Å². The Morgan fingerprint density at radius 2 is 1.95 bits per heavy atom. The molecule has 3 aromatic heterocycles. The summed E-state index contributed by atoms with van der Waals surface area (Å²) in [5, 5.41) is 14.9. The number of aryl methyl sites for hydroxylation is 1. The number of benzene rings is 1. The third kappa shape index (κ3) is 2.20. The Hall–Kier alpha value is -3.15. The number of hydrogen-bond donors (Lipinski definition) is 2. The van der Waals surface area contributed by atoms with Crippen molar-refractivity contribution in [3.63, 3.8) is 0 Å². The first-order valence-corrected chi connectivity index (χ1v) is 6.99. The average Bonchev–Trinajstić information content (AvgIpc) is 3.17. The monoisotopic (exact) mass is 290 g/mol. The fourth-order valence-electron chi connectivity index (χ4n) is 2.34. The summed E-state index contributed by atoms with van der Waals surface area (Å²) in [7, 11) is 0. The molecule has 0 atom stereocenters. The van der Waals surface area contributed by atoms with E-state index in [1.165, 1.54) is 0 Å². The molecular weight excluding hydrogens is 276 g/mol. The van der Waals surface area contributed by atoms with Crippen LogP contribution in [0.5, 0.6) is 0 Å². The molecule has 4 rings (SSSR count). The van der Waals surface area contributed by atoms with Gasteiger partial charge in [-0.1, -0.05) is 30.3 Å². The van der Waals surface area contributed by atoms with Gasteiger partial charge in [0.1, 0.15) is 5.52 Å². The maximum atomic E-state index is 4.65. The van der Waals surface area contributed by atoms with Crippen molar-refractivity contribution < 1.29 is 0 Å². The topological polar surface area (TPSA) is 70.9 Å². The zero-order valence-electron chi connectivity index (χ0n) is 12.0. The number of fused-ring (bicyclic) bond motifs is 1. The van der Waals surface area contributed by atoms with Crippen LogP contribution in [0, 0.1) is 6.92 Å². The first kappa shape index (κ1) is 12.6. The molecule has 0 fully saturated rings. The minimum atomic E-state index is 0.666. The zero-order chi connectivity index (χ0) is 14.9. The third-order valence-corrected chi connectivity index (χ3v) is 3.38. The molecule has 0 saturated carbocycles. The Labute approximate surface area is 126 Å². The summed E-state index contributed by atoms with van der Waals surface area (Å²) in [5.74, 6) is 2.13. The summed E-state index contributed by atoms with van der Waals surface area (Å²) >= 11 is 0. The van der Waals surface area contributed by atoms with Gasteiger partial charge >= 0.3 is 0 Å². The fraction of sp³-hybridized carbons (Fsp3) is 0.0625. The Morgan fingerprint density at radius 1 is 1.09 bits per heavy atom. The molecule has 3 heterocycles. The first-order chi connectivity index (χ1) is 10.8. The summed E-state index contributed by atoms with van der Waals surface area (Å²) < 4.78 is 1.82. The molecule has 0 aliphatic heterocycles. The summed E-state index contributed by atoms with van der Waals surface area (Å²) in [5.41, 5.74) is 2.87. The quantitative estimate of drug-likeness (QED) is 0.608. The molecule has 0 unspecified atom stereocenters. The SMILES string of the molecule is Cc1cc(Nc2nc(-c3ccccc3)nn3cccc23)n[nH]1. The van der Waals surface area contributed by atoms with E-state index in [1.807, 2.05) is 66.2 Å². The van der Waals surface area contributed by atoms with Crippen molar-refractivity contribution in [2.24, 2.45) is 0 Å². The average molecular weight is 290 g/mol. The van der Waals surface area contributed by atoms with Gasteiger partial charge in [-0.15, -0.1) is 5.10 Å².